The van der Waals surface area contributed by atoms with E-state index in [1.54, 1.807) is 31.4 Å². The topological polar surface area (TPSA) is 140 Å². The first-order chi connectivity index (χ1) is 17.3. The summed E-state index contributed by atoms with van der Waals surface area (Å²) in [5.74, 6) is 1.24. The maximum Gasteiger partial charge on any atom is 0.268 e. The highest BCUT2D eigenvalue weighted by Gasteiger charge is 2.19. The Morgan fingerprint density at radius 3 is 2.44 bits per heavy atom. The number of aromatic nitrogens is 2. The lowest BCUT2D eigenvalue weighted by Gasteiger charge is -2.09. The third-order valence-electron chi connectivity index (χ3n) is 4.70. The molecule has 1 amide bonds. The predicted octanol–water partition coefficient (Wildman–Crippen LogP) is 3.73. The number of rotatable bonds is 12. The van der Waals surface area contributed by atoms with Crippen molar-refractivity contribution in [3.05, 3.63) is 59.7 Å². The summed E-state index contributed by atoms with van der Waals surface area (Å²) in [6, 6.07) is 16.1. The van der Waals surface area contributed by atoms with Crippen LogP contribution in [0.4, 0.5) is 5.13 Å². The van der Waals surface area contributed by atoms with Gasteiger partial charge in [-0.2, -0.15) is 5.26 Å². The van der Waals surface area contributed by atoms with Crippen LogP contribution in [-0.4, -0.2) is 50.6 Å². The molecule has 0 spiro atoms. The van der Waals surface area contributed by atoms with Crippen LogP contribution < -0.4 is 19.5 Å². The van der Waals surface area contributed by atoms with Gasteiger partial charge in [-0.3, -0.25) is 10.1 Å². The molecule has 188 valence electrons. The van der Waals surface area contributed by atoms with Crippen LogP contribution in [0.5, 0.6) is 17.2 Å². The Labute approximate surface area is 213 Å². The molecular weight excluding hydrogens is 504 g/mol. The van der Waals surface area contributed by atoms with Gasteiger partial charge in [0, 0.05) is 12.5 Å². The van der Waals surface area contributed by atoms with Crippen LogP contribution >= 0.6 is 11.3 Å². The van der Waals surface area contributed by atoms with Crippen LogP contribution in [0.25, 0.3) is 6.08 Å². The SMILES string of the molecule is CCS(=O)(=O)c1nnc(NC(=O)C(C#N)=Cc2ccc(OCCCOc3cccc(OC)c3)cc2)s1. The standard InChI is InChI=1S/C24H24N4O6S2/c1-3-36(30,31)24-28-27-23(35-24)26-22(29)18(16-25)14-17-8-10-19(11-9-17)33-12-5-13-34-21-7-4-6-20(15-21)32-2/h4,6-11,14-15H,3,5,12-13H2,1-2H3,(H,26,27,29). The molecule has 3 rings (SSSR count). The van der Waals surface area contributed by atoms with Gasteiger partial charge in [0.05, 0.1) is 26.1 Å². The summed E-state index contributed by atoms with van der Waals surface area (Å²) in [4.78, 5) is 12.4. The Bertz CT molecular complexity index is 1360. The molecule has 10 nitrogen and oxygen atoms in total. The fraction of sp³-hybridized carbons (Fsp3) is 0.250. The van der Waals surface area contributed by atoms with E-state index in [1.165, 1.54) is 13.0 Å². The maximum absolute atomic E-state index is 12.4. The molecule has 1 heterocycles. The molecule has 1 N–H and O–H groups in total. The van der Waals surface area contributed by atoms with E-state index in [0.29, 0.717) is 30.9 Å². The fourth-order valence-electron chi connectivity index (χ4n) is 2.78. The zero-order valence-corrected chi connectivity index (χ0v) is 21.3. The lowest BCUT2D eigenvalue weighted by molar-refractivity contribution is -0.112. The number of sulfone groups is 1. The van der Waals surface area contributed by atoms with Crippen LogP contribution in [-0.2, 0) is 14.6 Å². The van der Waals surface area contributed by atoms with Crippen molar-refractivity contribution in [1.29, 1.82) is 5.26 Å². The van der Waals surface area contributed by atoms with E-state index in [4.69, 9.17) is 14.2 Å². The minimum Gasteiger partial charge on any atom is -0.497 e. The number of nitrogens with zero attached hydrogens (tertiary/aromatic N) is 3. The van der Waals surface area contributed by atoms with E-state index >= 15 is 0 Å². The number of nitriles is 1. The van der Waals surface area contributed by atoms with Crippen molar-refractivity contribution in [2.75, 3.05) is 31.4 Å². The molecule has 0 saturated heterocycles. The molecule has 0 unspecified atom stereocenters. The van der Waals surface area contributed by atoms with Crippen LogP contribution in [0.3, 0.4) is 0 Å². The molecule has 2 aromatic carbocycles. The van der Waals surface area contributed by atoms with Gasteiger partial charge in [-0.05, 0) is 35.9 Å². The van der Waals surface area contributed by atoms with E-state index in [0.717, 1.165) is 22.8 Å². The van der Waals surface area contributed by atoms with E-state index < -0.39 is 15.7 Å². The molecule has 12 heteroatoms. The lowest BCUT2D eigenvalue weighted by atomic mass is 10.1. The number of hydrogen-bond donors (Lipinski definition) is 1. The number of carbonyl (C=O) groups excluding carboxylic acids is 1. The van der Waals surface area contributed by atoms with Crippen LogP contribution in [0.15, 0.2) is 58.4 Å². The summed E-state index contributed by atoms with van der Waals surface area (Å²) < 4.78 is 40.1. The molecule has 0 aliphatic heterocycles. The normalized spacial score (nSPS) is 11.4. The molecule has 3 aromatic rings. The maximum atomic E-state index is 12.4. The Kier molecular flexibility index (Phi) is 9.38. The molecular formula is C24H24N4O6S2. The third-order valence-corrected chi connectivity index (χ3v) is 7.72. The highest BCUT2D eigenvalue weighted by atomic mass is 32.2. The second-order valence-electron chi connectivity index (χ2n) is 7.20. The summed E-state index contributed by atoms with van der Waals surface area (Å²) in [6.45, 7) is 2.41. The van der Waals surface area contributed by atoms with Gasteiger partial charge in [-0.15, -0.1) is 10.2 Å². The van der Waals surface area contributed by atoms with Gasteiger partial charge in [0.15, 0.2) is 0 Å². The molecule has 0 aliphatic rings. The highest BCUT2D eigenvalue weighted by molar-refractivity contribution is 7.93. The van der Waals surface area contributed by atoms with Crippen molar-refractivity contribution in [2.24, 2.45) is 0 Å². The number of ether oxygens (including phenoxy) is 3. The van der Waals surface area contributed by atoms with Crippen molar-refractivity contribution >= 4 is 38.3 Å². The summed E-state index contributed by atoms with van der Waals surface area (Å²) >= 11 is 0.730. The van der Waals surface area contributed by atoms with Gasteiger partial charge in [0.25, 0.3) is 5.91 Å². The fourth-order valence-corrected chi connectivity index (χ4v) is 4.76. The predicted molar refractivity (Wildman–Crippen MR) is 135 cm³/mol. The summed E-state index contributed by atoms with van der Waals surface area (Å²) in [6.07, 6.45) is 2.08. The zero-order valence-electron chi connectivity index (χ0n) is 19.6. The van der Waals surface area contributed by atoms with E-state index in [1.807, 2.05) is 30.3 Å². The van der Waals surface area contributed by atoms with Gasteiger partial charge in [-0.25, -0.2) is 8.42 Å². The monoisotopic (exact) mass is 528 g/mol. The number of amides is 1. The number of carbonyl (C=O) groups is 1. The third kappa shape index (κ3) is 7.53. The molecule has 0 radical (unpaired) electrons. The first kappa shape index (κ1) is 26.7. The zero-order chi connectivity index (χ0) is 26.0. The quantitative estimate of drug-likeness (QED) is 0.161. The summed E-state index contributed by atoms with van der Waals surface area (Å²) in [5, 5.41) is 19.0. The summed E-state index contributed by atoms with van der Waals surface area (Å²) in [5.41, 5.74) is 0.440. The van der Waals surface area contributed by atoms with Crippen molar-refractivity contribution in [3.63, 3.8) is 0 Å². The Balaban J connectivity index is 1.50. The Hall–Kier alpha value is -3.95. The molecule has 0 atom stereocenters. The van der Waals surface area contributed by atoms with Crippen molar-refractivity contribution in [2.45, 2.75) is 17.7 Å². The summed E-state index contributed by atoms with van der Waals surface area (Å²) in [7, 11) is -1.93. The van der Waals surface area contributed by atoms with Gasteiger partial charge >= 0.3 is 0 Å². The minimum absolute atomic E-state index is 0.00713. The van der Waals surface area contributed by atoms with E-state index in [9.17, 15) is 18.5 Å². The first-order valence-electron chi connectivity index (χ1n) is 10.8. The lowest BCUT2D eigenvalue weighted by Crippen LogP contribution is -2.13. The number of benzene rings is 2. The molecule has 0 saturated carbocycles. The number of nitrogens with one attached hydrogen (secondary N) is 1. The number of methoxy groups -OCH3 is 1. The molecule has 36 heavy (non-hydrogen) atoms. The van der Waals surface area contributed by atoms with Crippen molar-refractivity contribution in [3.8, 4) is 23.3 Å². The van der Waals surface area contributed by atoms with Gasteiger partial charge in [0.1, 0.15) is 28.9 Å². The molecule has 0 bridgehead atoms. The smallest absolute Gasteiger partial charge is 0.268 e. The van der Waals surface area contributed by atoms with Crippen LogP contribution in [0.1, 0.15) is 18.9 Å². The van der Waals surface area contributed by atoms with Crippen LogP contribution in [0.2, 0.25) is 0 Å². The molecule has 0 aliphatic carbocycles. The molecule has 0 fully saturated rings. The number of anilines is 1. The highest BCUT2D eigenvalue weighted by Crippen LogP contribution is 2.22. The van der Waals surface area contributed by atoms with Crippen LogP contribution in [0, 0.1) is 11.3 Å². The average molecular weight is 529 g/mol. The minimum atomic E-state index is -3.53. The van der Waals surface area contributed by atoms with Crippen molar-refractivity contribution < 1.29 is 27.4 Å². The second kappa shape index (κ2) is 12.7. The molecule has 1 aromatic heterocycles. The number of hydrogen-bond acceptors (Lipinski definition) is 10. The average Bonchev–Trinajstić information content (AvgIpc) is 3.37. The van der Waals surface area contributed by atoms with E-state index in [-0.39, 0.29) is 20.8 Å². The second-order valence-corrected chi connectivity index (χ2v) is 10.6. The Morgan fingerprint density at radius 2 is 1.78 bits per heavy atom. The van der Waals surface area contributed by atoms with Gasteiger partial charge in [0.2, 0.25) is 19.3 Å². The Morgan fingerprint density at radius 1 is 1.08 bits per heavy atom. The van der Waals surface area contributed by atoms with E-state index in [2.05, 4.69) is 15.5 Å². The van der Waals surface area contributed by atoms with Gasteiger partial charge < -0.3 is 14.2 Å². The van der Waals surface area contributed by atoms with Gasteiger partial charge in [-0.1, -0.05) is 36.5 Å². The van der Waals surface area contributed by atoms with Crippen molar-refractivity contribution in [1.82, 2.24) is 10.2 Å². The largest absolute Gasteiger partial charge is 0.497 e. The first-order valence-corrected chi connectivity index (χ1v) is 13.3.